The van der Waals surface area contributed by atoms with Crippen LogP contribution < -0.4 is 15.4 Å². The van der Waals surface area contributed by atoms with Crippen LogP contribution in [0, 0.1) is 18.6 Å². The van der Waals surface area contributed by atoms with E-state index in [1.54, 1.807) is 0 Å². The van der Waals surface area contributed by atoms with Crippen molar-refractivity contribution in [1.82, 2.24) is 25.4 Å². The molecule has 1 heterocycles. The van der Waals surface area contributed by atoms with E-state index in [0.29, 0.717) is 25.6 Å². The average Bonchev–Trinajstić information content (AvgIpc) is 3.06. The molecule has 0 fully saturated rings. The molecular formula is C21H25F2IN6O. The molecule has 0 amide bonds. The highest BCUT2D eigenvalue weighted by Gasteiger charge is 2.07. The van der Waals surface area contributed by atoms with Gasteiger partial charge in [-0.25, -0.2) is 13.8 Å². The number of nitrogens with zero attached hydrogens (tertiary/aromatic N) is 4. The molecule has 0 saturated heterocycles. The highest BCUT2D eigenvalue weighted by atomic mass is 127. The topological polar surface area (TPSA) is 76.4 Å². The molecule has 31 heavy (non-hydrogen) atoms. The summed E-state index contributed by atoms with van der Waals surface area (Å²) in [5.41, 5.74) is 1.07. The second-order valence-electron chi connectivity index (χ2n) is 6.58. The fourth-order valence-electron chi connectivity index (χ4n) is 2.62. The lowest BCUT2D eigenvalue weighted by molar-refractivity contribution is 0.304. The van der Waals surface area contributed by atoms with Gasteiger partial charge in [-0.3, -0.25) is 0 Å². The fraction of sp³-hybridized carbons (Fsp3) is 0.286. The van der Waals surface area contributed by atoms with Gasteiger partial charge in [-0.05, 0) is 24.6 Å². The minimum atomic E-state index is -0.733. The van der Waals surface area contributed by atoms with Crippen molar-refractivity contribution >= 4 is 29.9 Å². The second-order valence-corrected chi connectivity index (χ2v) is 6.58. The van der Waals surface area contributed by atoms with Gasteiger partial charge in [0.25, 0.3) is 0 Å². The van der Waals surface area contributed by atoms with Gasteiger partial charge in [-0.2, -0.15) is 0 Å². The van der Waals surface area contributed by atoms with E-state index in [-0.39, 0.29) is 36.3 Å². The van der Waals surface area contributed by atoms with Crippen LogP contribution in [0.4, 0.5) is 8.78 Å². The first-order valence-electron chi connectivity index (χ1n) is 9.52. The third kappa shape index (κ3) is 7.46. The zero-order chi connectivity index (χ0) is 21.3. The Balaban J connectivity index is 0.00000341. The maximum Gasteiger partial charge on any atom is 0.192 e. The van der Waals surface area contributed by atoms with Crippen LogP contribution in [0.1, 0.15) is 17.2 Å². The van der Waals surface area contributed by atoms with Gasteiger partial charge in [0.05, 0.1) is 19.6 Å². The number of guanidine groups is 1. The molecule has 0 atom stereocenters. The molecule has 0 radical (unpaired) electrons. The second kappa shape index (κ2) is 12.2. The summed E-state index contributed by atoms with van der Waals surface area (Å²) < 4.78 is 33.9. The summed E-state index contributed by atoms with van der Waals surface area (Å²) in [4.78, 5) is 4.58. The molecule has 0 spiro atoms. The smallest absolute Gasteiger partial charge is 0.192 e. The average molecular weight is 542 g/mol. The highest BCUT2D eigenvalue weighted by molar-refractivity contribution is 14.0. The van der Waals surface area contributed by atoms with Crippen LogP contribution in [0.5, 0.6) is 5.75 Å². The first kappa shape index (κ1) is 24.5. The molecular weight excluding hydrogens is 517 g/mol. The number of aliphatic imine (C=N–C) groups is 1. The van der Waals surface area contributed by atoms with Crippen LogP contribution in [-0.2, 0) is 20.1 Å². The molecule has 1 aromatic heterocycles. The van der Waals surface area contributed by atoms with E-state index in [1.165, 1.54) is 6.07 Å². The van der Waals surface area contributed by atoms with Gasteiger partial charge in [0.15, 0.2) is 23.4 Å². The minimum Gasteiger partial charge on any atom is -0.489 e. The first-order valence-corrected chi connectivity index (χ1v) is 9.52. The number of aryl methyl sites for hydroxylation is 1. The van der Waals surface area contributed by atoms with Crippen LogP contribution in [-0.4, -0.2) is 33.9 Å². The van der Waals surface area contributed by atoms with E-state index >= 15 is 0 Å². The van der Waals surface area contributed by atoms with Crippen LogP contribution >= 0.6 is 24.0 Å². The molecule has 0 saturated carbocycles. The van der Waals surface area contributed by atoms with Gasteiger partial charge < -0.3 is 19.9 Å². The number of aromatic nitrogens is 3. The zero-order valence-electron chi connectivity index (χ0n) is 17.3. The third-order valence-corrected chi connectivity index (χ3v) is 4.41. The molecule has 0 aliphatic heterocycles. The standard InChI is InChI=1S/C21H24F2N6O.HI/c1-15-27-28-20(29(15)2)14-26-21(25-13-16-6-4-3-5-7-16)24-10-11-30-19-9-8-17(22)12-18(19)23;/h3-9,12H,10-11,13-14H2,1-2H3,(H2,24,25,26);1H. The van der Waals surface area contributed by atoms with Crippen molar-refractivity contribution in [3.05, 3.63) is 77.4 Å². The Morgan fingerprint density at radius 3 is 2.55 bits per heavy atom. The number of nitrogens with one attached hydrogen (secondary N) is 2. The van der Waals surface area contributed by atoms with Crippen LogP contribution in [0.25, 0.3) is 0 Å². The summed E-state index contributed by atoms with van der Waals surface area (Å²) in [6, 6.07) is 13.1. The largest absolute Gasteiger partial charge is 0.489 e. The van der Waals surface area contributed by atoms with Crippen molar-refractivity contribution in [2.75, 3.05) is 13.2 Å². The number of rotatable bonds is 8. The Labute approximate surface area is 197 Å². The molecule has 7 nitrogen and oxygen atoms in total. The first-order chi connectivity index (χ1) is 14.5. The zero-order valence-corrected chi connectivity index (χ0v) is 19.6. The number of ether oxygens (including phenoxy) is 1. The van der Waals surface area contributed by atoms with E-state index in [4.69, 9.17) is 4.74 Å². The fourth-order valence-corrected chi connectivity index (χ4v) is 2.62. The molecule has 166 valence electrons. The molecule has 2 aromatic carbocycles. The summed E-state index contributed by atoms with van der Waals surface area (Å²) in [6.45, 7) is 3.35. The van der Waals surface area contributed by atoms with Crippen LogP contribution in [0.3, 0.4) is 0 Å². The summed E-state index contributed by atoms with van der Waals surface area (Å²) in [7, 11) is 1.89. The van der Waals surface area contributed by atoms with Crippen LogP contribution in [0.15, 0.2) is 53.5 Å². The highest BCUT2D eigenvalue weighted by Crippen LogP contribution is 2.17. The molecule has 0 bridgehead atoms. The lowest BCUT2D eigenvalue weighted by Crippen LogP contribution is -2.39. The van der Waals surface area contributed by atoms with Gasteiger partial charge in [-0.1, -0.05) is 30.3 Å². The Kier molecular flexibility index (Phi) is 9.63. The molecule has 3 aromatic rings. The molecule has 2 N–H and O–H groups in total. The Morgan fingerprint density at radius 1 is 1.10 bits per heavy atom. The predicted octanol–water partition coefficient (Wildman–Crippen LogP) is 3.33. The molecule has 0 unspecified atom stereocenters. The summed E-state index contributed by atoms with van der Waals surface area (Å²) >= 11 is 0. The lowest BCUT2D eigenvalue weighted by Gasteiger charge is -2.13. The predicted molar refractivity (Wildman–Crippen MR) is 125 cm³/mol. The van der Waals surface area contributed by atoms with Crippen molar-refractivity contribution < 1.29 is 13.5 Å². The van der Waals surface area contributed by atoms with E-state index in [1.807, 2.05) is 48.9 Å². The Morgan fingerprint density at radius 2 is 1.87 bits per heavy atom. The SMILES string of the molecule is Cc1nnc(CNC(=NCc2ccccc2)NCCOc2ccc(F)cc2F)n1C.I. The molecule has 0 aliphatic rings. The lowest BCUT2D eigenvalue weighted by atomic mass is 10.2. The minimum absolute atomic E-state index is 0. The van der Waals surface area contributed by atoms with Crippen molar-refractivity contribution in [1.29, 1.82) is 0 Å². The van der Waals surface area contributed by atoms with Crippen molar-refractivity contribution in [2.24, 2.45) is 12.0 Å². The third-order valence-electron chi connectivity index (χ3n) is 4.41. The maximum absolute atomic E-state index is 13.7. The molecule has 10 heteroatoms. The quantitative estimate of drug-likeness (QED) is 0.198. The summed E-state index contributed by atoms with van der Waals surface area (Å²) in [5.74, 6) is 0.773. The van der Waals surface area contributed by atoms with Gasteiger partial charge in [0, 0.05) is 13.1 Å². The van der Waals surface area contributed by atoms with Crippen molar-refractivity contribution in [2.45, 2.75) is 20.0 Å². The van der Waals surface area contributed by atoms with E-state index in [0.717, 1.165) is 29.3 Å². The maximum atomic E-state index is 13.7. The molecule has 3 rings (SSSR count). The Hall–Kier alpha value is -2.76. The normalized spacial score (nSPS) is 11.0. The van der Waals surface area contributed by atoms with E-state index < -0.39 is 11.6 Å². The van der Waals surface area contributed by atoms with Gasteiger partial charge in [-0.15, -0.1) is 34.2 Å². The van der Waals surface area contributed by atoms with Crippen molar-refractivity contribution in [3.8, 4) is 5.75 Å². The van der Waals surface area contributed by atoms with Gasteiger partial charge in [0.1, 0.15) is 18.2 Å². The summed E-state index contributed by atoms with van der Waals surface area (Å²) in [6.07, 6.45) is 0. The number of benzene rings is 2. The number of hydrogen-bond acceptors (Lipinski definition) is 4. The van der Waals surface area contributed by atoms with Gasteiger partial charge in [0.2, 0.25) is 0 Å². The number of hydrogen-bond donors (Lipinski definition) is 2. The summed E-state index contributed by atoms with van der Waals surface area (Å²) in [5, 5.41) is 14.5. The Bertz CT molecular complexity index is 997. The number of halogens is 3. The molecule has 0 aliphatic carbocycles. The van der Waals surface area contributed by atoms with E-state index in [2.05, 4.69) is 25.8 Å². The van der Waals surface area contributed by atoms with Crippen molar-refractivity contribution in [3.63, 3.8) is 0 Å². The van der Waals surface area contributed by atoms with Crippen LogP contribution in [0.2, 0.25) is 0 Å². The van der Waals surface area contributed by atoms with Gasteiger partial charge >= 0.3 is 0 Å². The monoisotopic (exact) mass is 542 g/mol. The van der Waals surface area contributed by atoms with E-state index in [9.17, 15) is 8.78 Å².